The summed E-state index contributed by atoms with van der Waals surface area (Å²) >= 11 is 0. The zero-order valence-corrected chi connectivity index (χ0v) is 37.9. The van der Waals surface area contributed by atoms with E-state index < -0.39 is 79.5 Å². The molecule has 2 saturated heterocycles. The van der Waals surface area contributed by atoms with Crippen LogP contribution in [0.25, 0.3) is 0 Å². The van der Waals surface area contributed by atoms with Crippen molar-refractivity contribution in [2.24, 2.45) is 28.7 Å². The molecule has 358 valence electrons. The molecule has 2 aliphatic heterocycles. The van der Waals surface area contributed by atoms with E-state index in [-0.39, 0.29) is 32.5 Å². The fourth-order valence-corrected chi connectivity index (χ4v) is 9.06. The molecule has 0 bridgehead atoms. The maximum absolute atomic E-state index is 7.28. The number of rotatable bonds is 21. The number of hydrogen-bond donors (Lipinski definition) is 5. The number of benzene rings is 5. The van der Waals surface area contributed by atoms with Crippen LogP contribution < -0.4 is 28.7 Å². The van der Waals surface area contributed by atoms with Gasteiger partial charge in [-0.3, -0.25) is 0 Å². The molecule has 14 atom stereocenters. The van der Waals surface area contributed by atoms with Crippen LogP contribution in [0.15, 0.2) is 152 Å². The topological polar surface area (TPSA) is 213 Å². The Balaban J connectivity index is 1.06. The molecular weight excluding hydrogens is 851 g/mol. The first kappa shape index (κ1) is 49.0. The van der Waals surface area contributed by atoms with Gasteiger partial charge in [-0.25, -0.2) is 0 Å². The average Bonchev–Trinajstić information content (AvgIpc) is 3.36. The first-order chi connectivity index (χ1) is 32.8. The average molecular weight is 918 g/mol. The van der Waals surface area contributed by atoms with Gasteiger partial charge in [-0.15, -0.1) is 0 Å². The third-order valence-electron chi connectivity index (χ3n) is 12.7. The van der Waals surface area contributed by atoms with E-state index in [4.69, 9.17) is 71.3 Å². The number of nitrogens with two attached hydrogens (primary N) is 5. The Hall–Kier alpha value is -4.46. The lowest BCUT2D eigenvalue weighted by molar-refractivity contribution is -0.330. The maximum Gasteiger partial charge on any atom is 0.186 e. The minimum Gasteiger partial charge on any atom is -0.374 e. The molecule has 5 aromatic carbocycles. The van der Waals surface area contributed by atoms with Gasteiger partial charge in [-0.05, 0) is 40.7 Å². The lowest BCUT2D eigenvalue weighted by Gasteiger charge is -2.50. The van der Waals surface area contributed by atoms with E-state index in [9.17, 15) is 0 Å². The molecule has 10 N–H and O–H groups in total. The van der Waals surface area contributed by atoms with Gasteiger partial charge >= 0.3 is 0 Å². The van der Waals surface area contributed by atoms with Gasteiger partial charge in [0.2, 0.25) is 0 Å². The normalized spacial score (nSPS) is 31.1. The largest absolute Gasteiger partial charge is 0.374 e. The minimum absolute atomic E-state index is 0.157. The highest BCUT2D eigenvalue weighted by molar-refractivity contribution is 5.17. The maximum atomic E-state index is 7.28. The highest BCUT2D eigenvalue weighted by Gasteiger charge is 2.52. The van der Waals surface area contributed by atoms with E-state index in [1.54, 1.807) is 0 Å². The first-order valence-electron chi connectivity index (χ1n) is 23.4. The zero-order valence-electron chi connectivity index (χ0n) is 37.9. The Morgan fingerprint density at radius 3 is 1.28 bits per heavy atom. The van der Waals surface area contributed by atoms with Crippen LogP contribution >= 0.6 is 0 Å². The Morgan fingerprint density at radius 1 is 0.403 bits per heavy atom. The van der Waals surface area contributed by atoms with Crippen LogP contribution in [-0.4, -0.2) is 98.7 Å². The second-order valence-electron chi connectivity index (χ2n) is 17.7. The Morgan fingerprint density at radius 2 is 0.806 bits per heavy atom. The molecule has 3 aliphatic rings. The van der Waals surface area contributed by atoms with Crippen LogP contribution in [0.1, 0.15) is 40.7 Å². The first-order valence-corrected chi connectivity index (χ1v) is 23.4. The highest BCUT2D eigenvalue weighted by atomic mass is 16.7. The van der Waals surface area contributed by atoms with E-state index in [1.807, 2.05) is 152 Å². The Labute approximate surface area is 394 Å². The van der Waals surface area contributed by atoms with Gasteiger partial charge in [0, 0.05) is 18.6 Å². The molecule has 1 saturated carbocycles. The summed E-state index contributed by atoms with van der Waals surface area (Å²) in [7, 11) is 0. The molecule has 3 fully saturated rings. The van der Waals surface area contributed by atoms with Gasteiger partial charge < -0.3 is 71.3 Å². The Kier molecular flexibility index (Phi) is 18.1. The van der Waals surface area contributed by atoms with Gasteiger partial charge in [0.25, 0.3) is 0 Å². The molecule has 2 heterocycles. The molecule has 14 heteroatoms. The molecule has 8 rings (SSSR count). The standard InChI is InChI=1S/C53H67N5O9/c54-28-44-43(60-30-36-18-8-2-9-19-36)27-42(57)52(64-44)66-47-40(55)26-41(56)48(51(47)63-33-39-24-14-5-15-25-39)67-53-50(62-32-38-22-12-4-13-23-38)46(58)49(61-31-37-20-10-3-11-21-37)45(65-53)34-59-29-35-16-6-1-7-17-35/h1-25,40-53H,26-34,54-58H2/t40-,41+,42+,43-,44+,45+,46-,47+,48-,49+,50+,51-,52+,53+/m0/s1. The Bertz CT molecular complexity index is 2150. The van der Waals surface area contributed by atoms with E-state index >= 15 is 0 Å². The third kappa shape index (κ3) is 13.4. The summed E-state index contributed by atoms with van der Waals surface area (Å²) in [5.41, 5.74) is 39.4. The van der Waals surface area contributed by atoms with Crippen LogP contribution in [0.3, 0.4) is 0 Å². The smallest absolute Gasteiger partial charge is 0.186 e. The van der Waals surface area contributed by atoms with Crippen LogP contribution in [0.4, 0.5) is 0 Å². The summed E-state index contributed by atoms with van der Waals surface area (Å²) in [5.74, 6) is 0. The fourth-order valence-electron chi connectivity index (χ4n) is 9.06. The zero-order chi connectivity index (χ0) is 46.4. The summed E-state index contributed by atoms with van der Waals surface area (Å²) in [4.78, 5) is 0. The van der Waals surface area contributed by atoms with Gasteiger partial charge in [0.1, 0.15) is 36.6 Å². The minimum atomic E-state index is -1.05. The van der Waals surface area contributed by atoms with E-state index in [0.29, 0.717) is 32.7 Å². The van der Waals surface area contributed by atoms with Crippen LogP contribution in [-0.2, 0) is 75.7 Å². The third-order valence-corrected chi connectivity index (χ3v) is 12.7. The van der Waals surface area contributed by atoms with Crippen molar-refractivity contribution in [3.8, 4) is 0 Å². The highest BCUT2D eigenvalue weighted by Crippen LogP contribution is 2.35. The van der Waals surface area contributed by atoms with Crippen molar-refractivity contribution in [3.05, 3.63) is 179 Å². The van der Waals surface area contributed by atoms with E-state index in [1.165, 1.54) is 0 Å². The van der Waals surface area contributed by atoms with Crippen molar-refractivity contribution >= 4 is 0 Å². The molecule has 0 unspecified atom stereocenters. The lowest BCUT2D eigenvalue weighted by Crippen LogP contribution is -2.69. The quantitative estimate of drug-likeness (QED) is 0.0668. The van der Waals surface area contributed by atoms with Crippen molar-refractivity contribution < 1.29 is 42.6 Å². The van der Waals surface area contributed by atoms with Gasteiger partial charge in [0.15, 0.2) is 12.6 Å². The molecule has 0 aromatic heterocycles. The second kappa shape index (κ2) is 24.7. The van der Waals surface area contributed by atoms with Crippen molar-refractivity contribution in [2.75, 3.05) is 13.2 Å². The summed E-state index contributed by atoms with van der Waals surface area (Å²) < 4.78 is 60.2. The van der Waals surface area contributed by atoms with Gasteiger partial charge in [0.05, 0.1) is 63.9 Å². The summed E-state index contributed by atoms with van der Waals surface area (Å²) in [6, 6.07) is 47.1. The summed E-state index contributed by atoms with van der Waals surface area (Å²) in [5, 5.41) is 0. The molecule has 67 heavy (non-hydrogen) atoms. The summed E-state index contributed by atoms with van der Waals surface area (Å²) in [6.07, 6.45) is -6.55. The van der Waals surface area contributed by atoms with Crippen molar-refractivity contribution in [3.63, 3.8) is 0 Å². The number of ether oxygens (including phenoxy) is 9. The van der Waals surface area contributed by atoms with Crippen LogP contribution in [0, 0.1) is 0 Å². The summed E-state index contributed by atoms with van der Waals surface area (Å²) in [6.45, 7) is 1.86. The molecule has 0 radical (unpaired) electrons. The molecule has 14 nitrogen and oxygen atoms in total. The van der Waals surface area contributed by atoms with E-state index in [2.05, 4.69) is 0 Å². The van der Waals surface area contributed by atoms with Crippen molar-refractivity contribution in [1.29, 1.82) is 0 Å². The molecule has 5 aromatic rings. The fraction of sp³-hybridized carbons (Fsp3) is 0.434. The molecular formula is C53H67N5O9. The van der Waals surface area contributed by atoms with E-state index in [0.717, 1.165) is 27.8 Å². The van der Waals surface area contributed by atoms with Crippen molar-refractivity contribution in [1.82, 2.24) is 0 Å². The van der Waals surface area contributed by atoms with Crippen molar-refractivity contribution in [2.45, 2.75) is 131 Å². The number of hydrogen-bond acceptors (Lipinski definition) is 14. The van der Waals surface area contributed by atoms with Crippen LogP contribution in [0.2, 0.25) is 0 Å². The monoisotopic (exact) mass is 917 g/mol. The van der Waals surface area contributed by atoms with Gasteiger partial charge in [-0.1, -0.05) is 152 Å². The predicted octanol–water partition coefficient (Wildman–Crippen LogP) is 4.83. The second-order valence-corrected chi connectivity index (χ2v) is 17.7. The molecule has 0 amide bonds. The lowest BCUT2D eigenvalue weighted by atomic mass is 9.84. The predicted molar refractivity (Wildman–Crippen MR) is 253 cm³/mol. The van der Waals surface area contributed by atoms with Crippen LogP contribution in [0.5, 0.6) is 0 Å². The molecule has 0 spiro atoms. The van der Waals surface area contributed by atoms with Gasteiger partial charge in [-0.2, -0.15) is 0 Å². The SMILES string of the molecule is NC[C@H]1O[C@H](O[C@H]2[C@H](OCc3ccccc3)[C@@H](O[C@H]3O[C@H](COCc4ccccc4)[C@@H](OCc4ccccc4)[C@H](N)[C@H]3OCc3ccccc3)[C@H](N)C[C@@H]2N)[C@H](N)C[C@@H]1OCc1ccccc1. The molecule has 1 aliphatic carbocycles.